The van der Waals surface area contributed by atoms with E-state index in [0.717, 1.165) is 11.3 Å². The third-order valence-electron chi connectivity index (χ3n) is 3.86. The van der Waals surface area contributed by atoms with Crippen LogP contribution >= 0.6 is 34.7 Å². The molecule has 27 heavy (non-hydrogen) atoms. The summed E-state index contributed by atoms with van der Waals surface area (Å²) in [6.45, 7) is 2.62. The molecule has 0 atom stereocenters. The molecule has 0 amide bonds. The van der Waals surface area contributed by atoms with Crippen LogP contribution in [0.25, 0.3) is 21.6 Å². The minimum absolute atomic E-state index is 0.0641. The highest BCUT2D eigenvalue weighted by Crippen LogP contribution is 2.26. The number of thiophene rings is 1. The second kappa shape index (κ2) is 7.84. The van der Waals surface area contributed by atoms with Gasteiger partial charge >= 0.3 is 0 Å². The van der Waals surface area contributed by atoms with Crippen LogP contribution in [0.4, 0.5) is 0 Å². The number of benzene rings is 1. The van der Waals surface area contributed by atoms with Gasteiger partial charge in [0.1, 0.15) is 0 Å². The van der Waals surface area contributed by atoms with Gasteiger partial charge < -0.3 is 4.52 Å². The van der Waals surface area contributed by atoms with Crippen molar-refractivity contribution in [2.75, 3.05) is 0 Å². The van der Waals surface area contributed by atoms with E-state index < -0.39 is 0 Å². The fraction of sp³-hybridized carbons (Fsp3) is 0.222. The first-order valence-corrected chi connectivity index (χ1v) is 10.6. The molecule has 0 N–H and O–H groups in total. The third-order valence-corrected chi connectivity index (χ3v) is 5.93. The molecule has 9 heteroatoms. The van der Waals surface area contributed by atoms with Crippen LogP contribution in [0.2, 0.25) is 5.02 Å². The first-order chi connectivity index (χ1) is 13.2. The molecular weight excluding hydrogens is 404 g/mol. The summed E-state index contributed by atoms with van der Waals surface area (Å²) in [5.74, 6) is 1.50. The minimum atomic E-state index is -0.0641. The van der Waals surface area contributed by atoms with Crippen LogP contribution in [0, 0.1) is 0 Å². The fourth-order valence-electron chi connectivity index (χ4n) is 2.65. The molecule has 4 rings (SSSR count). The highest BCUT2D eigenvalue weighted by molar-refractivity contribution is 7.98. The molecule has 1 aromatic carbocycles. The van der Waals surface area contributed by atoms with Gasteiger partial charge in [0.15, 0.2) is 5.16 Å². The van der Waals surface area contributed by atoms with Crippen molar-refractivity contribution in [3.63, 3.8) is 0 Å². The topological polar surface area (TPSA) is 73.8 Å². The Labute approximate surface area is 168 Å². The molecule has 0 aliphatic carbocycles. The maximum absolute atomic E-state index is 12.8. The van der Waals surface area contributed by atoms with Crippen LogP contribution in [-0.2, 0) is 12.3 Å². The minimum Gasteiger partial charge on any atom is -0.338 e. The molecule has 138 valence electrons. The zero-order chi connectivity index (χ0) is 18.8. The first kappa shape index (κ1) is 18.2. The largest absolute Gasteiger partial charge is 0.338 e. The predicted octanol–water partition coefficient (Wildman–Crippen LogP) is 4.86. The van der Waals surface area contributed by atoms with Gasteiger partial charge in [-0.25, -0.2) is 4.98 Å². The van der Waals surface area contributed by atoms with Gasteiger partial charge in [-0.15, -0.1) is 11.3 Å². The van der Waals surface area contributed by atoms with E-state index >= 15 is 0 Å². The summed E-state index contributed by atoms with van der Waals surface area (Å²) in [7, 11) is 0. The smallest absolute Gasteiger partial charge is 0.262 e. The Morgan fingerprint density at radius 3 is 2.96 bits per heavy atom. The number of rotatable bonds is 6. The molecule has 0 saturated heterocycles. The van der Waals surface area contributed by atoms with Crippen molar-refractivity contribution >= 4 is 45.6 Å². The quantitative estimate of drug-likeness (QED) is 0.328. The fourth-order valence-corrected chi connectivity index (χ4v) is 4.33. The van der Waals surface area contributed by atoms with Gasteiger partial charge in [0, 0.05) is 11.6 Å². The van der Waals surface area contributed by atoms with Crippen LogP contribution in [0.3, 0.4) is 0 Å². The van der Waals surface area contributed by atoms with E-state index in [9.17, 15) is 4.79 Å². The van der Waals surface area contributed by atoms with Gasteiger partial charge in [0.2, 0.25) is 11.7 Å². The number of fused-ring (bicyclic) bond motifs is 1. The van der Waals surface area contributed by atoms with Crippen molar-refractivity contribution in [2.24, 2.45) is 0 Å². The first-order valence-electron chi connectivity index (χ1n) is 8.35. The normalized spacial score (nSPS) is 11.3. The van der Waals surface area contributed by atoms with E-state index in [2.05, 4.69) is 15.1 Å². The molecule has 3 heterocycles. The van der Waals surface area contributed by atoms with Crippen molar-refractivity contribution < 1.29 is 4.52 Å². The lowest BCUT2D eigenvalue weighted by Crippen LogP contribution is -2.23. The molecule has 6 nitrogen and oxygen atoms in total. The lowest BCUT2D eigenvalue weighted by atomic mass is 10.2. The Bertz CT molecular complexity index is 1140. The molecule has 0 radical (unpaired) electrons. The highest BCUT2D eigenvalue weighted by atomic mass is 35.5. The van der Waals surface area contributed by atoms with Gasteiger partial charge in [0.05, 0.1) is 21.5 Å². The summed E-state index contributed by atoms with van der Waals surface area (Å²) >= 11 is 9.02. The van der Waals surface area contributed by atoms with Crippen molar-refractivity contribution in [3.8, 4) is 10.7 Å². The summed E-state index contributed by atoms with van der Waals surface area (Å²) in [6, 6.07) is 9.03. The second-order valence-electron chi connectivity index (χ2n) is 5.79. The zero-order valence-corrected chi connectivity index (χ0v) is 16.8. The average molecular weight is 419 g/mol. The Kier molecular flexibility index (Phi) is 5.29. The van der Waals surface area contributed by atoms with Crippen molar-refractivity contribution in [1.82, 2.24) is 19.7 Å². The van der Waals surface area contributed by atoms with Gasteiger partial charge in [-0.3, -0.25) is 9.36 Å². The maximum atomic E-state index is 12.8. The molecule has 0 fully saturated rings. The van der Waals surface area contributed by atoms with Gasteiger partial charge in [-0.2, -0.15) is 4.98 Å². The van der Waals surface area contributed by atoms with E-state index in [0.29, 0.717) is 45.1 Å². The van der Waals surface area contributed by atoms with Crippen LogP contribution in [0.5, 0.6) is 0 Å². The Morgan fingerprint density at radius 1 is 1.30 bits per heavy atom. The van der Waals surface area contributed by atoms with E-state index in [1.54, 1.807) is 34.1 Å². The molecule has 0 spiro atoms. The van der Waals surface area contributed by atoms with E-state index in [-0.39, 0.29) is 5.56 Å². The average Bonchev–Trinajstić information content (AvgIpc) is 3.34. The molecule has 0 saturated carbocycles. The van der Waals surface area contributed by atoms with Crippen LogP contribution in [0.1, 0.15) is 19.2 Å². The van der Waals surface area contributed by atoms with Crippen molar-refractivity contribution in [2.45, 2.75) is 30.8 Å². The second-order valence-corrected chi connectivity index (χ2v) is 8.12. The molecule has 0 aliphatic heterocycles. The number of aromatic nitrogens is 4. The summed E-state index contributed by atoms with van der Waals surface area (Å²) in [6.07, 6.45) is 0.831. The van der Waals surface area contributed by atoms with Gasteiger partial charge in [0.25, 0.3) is 5.56 Å². The lowest BCUT2D eigenvalue weighted by molar-refractivity contribution is 0.391. The molecule has 3 aromatic heterocycles. The SMILES string of the molecule is CCCn1c(SCc2nc(-c3cccs3)no2)nc2cc(Cl)ccc2c1=O. The number of thioether (sulfide) groups is 1. The van der Waals surface area contributed by atoms with Crippen LogP contribution < -0.4 is 5.56 Å². The summed E-state index contributed by atoms with van der Waals surface area (Å²) in [5.41, 5.74) is 0.526. The van der Waals surface area contributed by atoms with Crippen LogP contribution in [-0.4, -0.2) is 19.7 Å². The van der Waals surface area contributed by atoms with E-state index in [1.807, 2.05) is 24.4 Å². The Balaban J connectivity index is 1.64. The molecule has 4 aromatic rings. The summed E-state index contributed by atoms with van der Waals surface area (Å²) in [5, 5.41) is 7.71. The summed E-state index contributed by atoms with van der Waals surface area (Å²) in [4.78, 5) is 22.9. The van der Waals surface area contributed by atoms with Gasteiger partial charge in [-0.05, 0) is 36.1 Å². The summed E-state index contributed by atoms with van der Waals surface area (Å²) < 4.78 is 7.03. The highest BCUT2D eigenvalue weighted by Gasteiger charge is 2.14. The molecule has 0 unspecified atom stereocenters. The lowest BCUT2D eigenvalue weighted by Gasteiger charge is -2.11. The number of nitrogens with zero attached hydrogens (tertiary/aromatic N) is 4. The zero-order valence-electron chi connectivity index (χ0n) is 14.4. The monoisotopic (exact) mass is 418 g/mol. The number of halogens is 1. The van der Waals surface area contributed by atoms with E-state index in [1.165, 1.54) is 11.8 Å². The Morgan fingerprint density at radius 2 is 2.19 bits per heavy atom. The number of hydrogen-bond donors (Lipinski definition) is 0. The molecule has 0 aliphatic rings. The van der Waals surface area contributed by atoms with Crippen LogP contribution in [0.15, 0.2) is 50.2 Å². The number of hydrogen-bond acceptors (Lipinski definition) is 7. The molecule has 0 bridgehead atoms. The standard InChI is InChI=1S/C18H15ClN4O2S2/c1-2-7-23-17(24)12-6-5-11(19)9-13(12)20-18(23)27-10-15-21-16(22-25-15)14-4-3-8-26-14/h3-6,8-9H,2,7,10H2,1H3. The maximum Gasteiger partial charge on any atom is 0.262 e. The predicted molar refractivity (Wildman–Crippen MR) is 108 cm³/mol. The molecular formula is C18H15ClN4O2S2. The van der Waals surface area contributed by atoms with Crippen molar-refractivity contribution in [1.29, 1.82) is 0 Å². The van der Waals surface area contributed by atoms with E-state index in [4.69, 9.17) is 16.1 Å². The van der Waals surface area contributed by atoms with Crippen molar-refractivity contribution in [3.05, 3.63) is 57.0 Å². The third kappa shape index (κ3) is 3.78. The van der Waals surface area contributed by atoms with Gasteiger partial charge in [-0.1, -0.05) is 41.5 Å². The Hall–Kier alpha value is -2.16.